The molecule has 11 heavy (non-hydrogen) atoms. The molecular formula is C4H6O6Ta. The molecule has 63 valence electrons. The first-order valence-electron chi connectivity index (χ1n) is 2.28. The van der Waals surface area contributed by atoms with E-state index in [0.717, 1.165) is 0 Å². The van der Waals surface area contributed by atoms with Gasteiger partial charge in [-0.05, 0) is 0 Å². The van der Waals surface area contributed by atoms with Gasteiger partial charge in [0.15, 0.2) is 12.2 Å². The van der Waals surface area contributed by atoms with Crippen molar-refractivity contribution in [2.45, 2.75) is 12.2 Å². The maximum atomic E-state index is 9.77. The van der Waals surface area contributed by atoms with Gasteiger partial charge in [-0.25, -0.2) is 9.59 Å². The largest absolute Gasteiger partial charge is 0.479 e. The molecule has 0 rings (SSSR count). The molecule has 0 aromatic carbocycles. The van der Waals surface area contributed by atoms with Crippen molar-refractivity contribution in [2.75, 3.05) is 0 Å². The average molecular weight is 331 g/mol. The zero-order valence-corrected chi connectivity index (χ0v) is 8.42. The van der Waals surface area contributed by atoms with E-state index in [1.165, 1.54) is 0 Å². The molecule has 4 N–H and O–H groups in total. The number of carboxylic acid groups (broad SMARTS) is 2. The van der Waals surface area contributed by atoms with Crippen LogP contribution in [-0.4, -0.2) is 44.6 Å². The zero-order valence-electron chi connectivity index (χ0n) is 5.21. The van der Waals surface area contributed by atoms with Gasteiger partial charge in [-0.1, -0.05) is 0 Å². The molecule has 0 bridgehead atoms. The quantitative estimate of drug-likeness (QED) is 0.470. The number of hydrogen-bond acceptors (Lipinski definition) is 4. The molecule has 7 heteroatoms. The molecule has 2 atom stereocenters. The fourth-order valence-corrected chi connectivity index (χ4v) is 0.270. The standard InChI is InChI=1S/C4H6O6.Ta/c5-1(3(7)8)2(6)4(9)10;/h1-2,5-6H,(H,7,8)(H,9,10);. The monoisotopic (exact) mass is 331 g/mol. The molecule has 0 spiro atoms. The van der Waals surface area contributed by atoms with Crippen LogP contribution >= 0.6 is 0 Å². The first kappa shape index (κ1) is 13.2. The SMILES string of the molecule is O=C(O)C(O)C(O)C(=O)O.[Ta]. The minimum Gasteiger partial charge on any atom is -0.479 e. The molecule has 0 aliphatic carbocycles. The Bertz CT molecular complexity index is 139. The minimum absolute atomic E-state index is 0. The van der Waals surface area contributed by atoms with Crippen LogP contribution in [0.4, 0.5) is 0 Å². The van der Waals surface area contributed by atoms with Crippen molar-refractivity contribution in [2.24, 2.45) is 0 Å². The van der Waals surface area contributed by atoms with Crippen LogP contribution in [0.5, 0.6) is 0 Å². The number of aliphatic hydroxyl groups is 2. The number of aliphatic hydroxyl groups excluding tert-OH is 2. The summed E-state index contributed by atoms with van der Waals surface area (Å²) in [6.07, 6.45) is -4.53. The average Bonchev–Trinajstić information content (AvgIpc) is 1.84. The second-order valence-corrected chi connectivity index (χ2v) is 1.57. The first-order valence-corrected chi connectivity index (χ1v) is 2.28. The van der Waals surface area contributed by atoms with Crippen LogP contribution < -0.4 is 0 Å². The van der Waals surface area contributed by atoms with Crippen molar-refractivity contribution >= 4 is 11.9 Å². The number of carbonyl (C=O) groups is 2. The van der Waals surface area contributed by atoms with Crippen LogP contribution in [0, 0.1) is 0 Å². The molecule has 0 saturated carbocycles. The van der Waals surface area contributed by atoms with E-state index in [0.29, 0.717) is 0 Å². The summed E-state index contributed by atoms with van der Waals surface area (Å²) in [4.78, 5) is 19.5. The number of carboxylic acids is 2. The summed E-state index contributed by atoms with van der Waals surface area (Å²) in [5, 5.41) is 32.5. The fraction of sp³-hybridized carbons (Fsp3) is 0.500. The number of hydrogen-bond donors (Lipinski definition) is 4. The fourth-order valence-electron chi connectivity index (χ4n) is 0.270. The maximum Gasteiger partial charge on any atom is 0.335 e. The maximum absolute atomic E-state index is 9.77. The molecule has 1 radical (unpaired) electrons. The van der Waals surface area contributed by atoms with Crippen molar-refractivity contribution in [3.05, 3.63) is 0 Å². The first-order chi connectivity index (χ1) is 4.46. The van der Waals surface area contributed by atoms with E-state index in [4.69, 9.17) is 20.4 Å². The van der Waals surface area contributed by atoms with Crippen LogP contribution in [0.1, 0.15) is 0 Å². The van der Waals surface area contributed by atoms with Gasteiger partial charge in [0.25, 0.3) is 0 Å². The van der Waals surface area contributed by atoms with Gasteiger partial charge in [-0.2, -0.15) is 0 Å². The topological polar surface area (TPSA) is 115 Å². The van der Waals surface area contributed by atoms with Crippen molar-refractivity contribution in [1.29, 1.82) is 0 Å². The van der Waals surface area contributed by atoms with Gasteiger partial charge in [0.1, 0.15) is 0 Å². The molecule has 0 aromatic heterocycles. The Kier molecular flexibility index (Phi) is 6.34. The molecule has 0 aliphatic heterocycles. The summed E-state index contributed by atoms with van der Waals surface area (Å²) >= 11 is 0. The van der Waals surface area contributed by atoms with Crippen LogP contribution in [-0.2, 0) is 32.0 Å². The van der Waals surface area contributed by atoms with Gasteiger partial charge in [-0.3, -0.25) is 0 Å². The van der Waals surface area contributed by atoms with Crippen molar-refractivity contribution < 1.29 is 52.4 Å². The number of aliphatic carboxylic acids is 2. The van der Waals surface area contributed by atoms with E-state index in [1.807, 2.05) is 0 Å². The van der Waals surface area contributed by atoms with E-state index in [1.54, 1.807) is 0 Å². The van der Waals surface area contributed by atoms with Gasteiger partial charge in [0.2, 0.25) is 0 Å². The third kappa shape index (κ3) is 4.12. The minimum atomic E-state index is -2.27. The van der Waals surface area contributed by atoms with E-state index < -0.39 is 24.1 Å². The van der Waals surface area contributed by atoms with E-state index >= 15 is 0 Å². The molecular weight excluding hydrogens is 325 g/mol. The Balaban J connectivity index is 0. The zero-order chi connectivity index (χ0) is 8.31. The van der Waals surface area contributed by atoms with Crippen LogP contribution in [0.25, 0.3) is 0 Å². The van der Waals surface area contributed by atoms with Gasteiger partial charge >= 0.3 is 11.9 Å². The van der Waals surface area contributed by atoms with Gasteiger partial charge in [-0.15, -0.1) is 0 Å². The molecule has 0 heterocycles. The summed E-state index contributed by atoms with van der Waals surface area (Å²) in [5.74, 6) is -3.54. The van der Waals surface area contributed by atoms with E-state index in [-0.39, 0.29) is 22.4 Å². The second kappa shape index (κ2) is 5.28. The molecule has 0 amide bonds. The third-order valence-electron chi connectivity index (χ3n) is 0.805. The summed E-state index contributed by atoms with van der Waals surface area (Å²) < 4.78 is 0. The third-order valence-corrected chi connectivity index (χ3v) is 0.805. The van der Waals surface area contributed by atoms with E-state index in [2.05, 4.69) is 0 Å². The van der Waals surface area contributed by atoms with Crippen LogP contribution in [0.2, 0.25) is 0 Å². The van der Waals surface area contributed by atoms with Crippen molar-refractivity contribution in [3.8, 4) is 0 Å². The smallest absolute Gasteiger partial charge is 0.335 e. The van der Waals surface area contributed by atoms with Crippen molar-refractivity contribution in [3.63, 3.8) is 0 Å². The second-order valence-electron chi connectivity index (χ2n) is 1.57. The molecule has 6 nitrogen and oxygen atoms in total. The summed E-state index contributed by atoms with van der Waals surface area (Å²) in [6.45, 7) is 0. The van der Waals surface area contributed by atoms with E-state index in [9.17, 15) is 9.59 Å². The predicted octanol–water partition coefficient (Wildman–Crippen LogP) is -2.13. The Hall–Kier alpha value is -0.400. The van der Waals surface area contributed by atoms with Gasteiger partial charge in [0.05, 0.1) is 0 Å². The summed E-state index contributed by atoms with van der Waals surface area (Å²) in [6, 6.07) is 0. The molecule has 0 saturated heterocycles. The van der Waals surface area contributed by atoms with Crippen molar-refractivity contribution in [1.82, 2.24) is 0 Å². The summed E-state index contributed by atoms with van der Waals surface area (Å²) in [7, 11) is 0. The van der Waals surface area contributed by atoms with Gasteiger partial charge in [0, 0.05) is 22.4 Å². The summed E-state index contributed by atoms with van der Waals surface area (Å²) in [5.41, 5.74) is 0. The molecule has 0 fully saturated rings. The van der Waals surface area contributed by atoms with Crippen LogP contribution in [0.15, 0.2) is 0 Å². The number of rotatable bonds is 3. The Labute approximate surface area is 77.0 Å². The predicted molar refractivity (Wildman–Crippen MR) is 27.3 cm³/mol. The molecule has 2 unspecified atom stereocenters. The molecule has 0 aliphatic rings. The Morgan fingerprint density at radius 1 is 0.909 bits per heavy atom. The Morgan fingerprint density at radius 2 is 1.09 bits per heavy atom. The van der Waals surface area contributed by atoms with Crippen LogP contribution in [0.3, 0.4) is 0 Å². The van der Waals surface area contributed by atoms with Gasteiger partial charge < -0.3 is 20.4 Å². The molecule has 0 aromatic rings. The Morgan fingerprint density at radius 3 is 1.18 bits per heavy atom. The normalized spacial score (nSPS) is 14.4.